The van der Waals surface area contributed by atoms with Gasteiger partial charge in [0.25, 0.3) is 10.0 Å². The fraction of sp³-hybridized carbons (Fsp3) is 0.353. The van der Waals surface area contributed by atoms with Crippen LogP contribution >= 0.6 is 11.3 Å². The van der Waals surface area contributed by atoms with Crippen molar-refractivity contribution in [2.75, 3.05) is 18.4 Å². The van der Waals surface area contributed by atoms with Crippen LogP contribution in [0.1, 0.15) is 34.1 Å². The molecule has 0 saturated heterocycles. The lowest BCUT2D eigenvalue weighted by molar-refractivity contribution is 0.0527. The Morgan fingerprint density at radius 2 is 1.96 bits per heavy atom. The van der Waals surface area contributed by atoms with Crippen molar-refractivity contribution in [3.05, 3.63) is 40.3 Å². The van der Waals surface area contributed by atoms with Crippen molar-refractivity contribution in [2.24, 2.45) is 0 Å². The number of methoxy groups -OCH3 is 1. The highest BCUT2D eigenvalue weighted by molar-refractivity contribution is 7.93. The molecule has 0 unspecified atom stereocenters. The predicted octanol–water partition coefficient (Wildman–Crippen LogP) is 3.22. The number of esters is 1. The van der Waals surface area contributed by atoms with Crippen molar-refractivity contribution in [3.8, 4) is 5.75 Å². The molecule has 1 aromatic heterocycles. The molecule has 1 N–H and O–H groups in total. The first-order chi connectivity index (χ1) is 12.0. The molecule has 0 fully saturated rings. The minimum absolute atomic E-state index is 0.108. The predicted molar refractivity (Wildman–Crippen MR) is 96.1 cm³/mol. The van der Waals surface area contributed by atoms with E-state index in [-0.39, 0.29) is 11.5 Å². The average molecular weight is 381 g/mol. The molecular formula is C17H19NO5S2. The molecule has 8 heteroatoms. The summed E-state index contributed by atoms with van der Waals surface area (Å²) in [6, 6.07) is 6.09. The highest BCUT2D eigenvalue weighted by Gasteiger charge is 2.29. The van der Waals surface area contributed by atoms with Gasteiger partial charge in [-0.25, -0.2) is 13.2 Å². The number of ether oxygens (including phenoxy) is 2. The Morgan fingerprint density at radius 3 is 2.60 bits per heavy atom. The quantitative estimate of drug-likeness (QED) is 0.777. The number of rotatable bonds is 6. The van der Waals surface area contributed by atoms with E-state index in [2.05, 4.69) is 4.72 Å². The van der Waals surface area contributed by atoms with Gasteiger partial charge in [-0.2, -0.15) is 0 Å². The molecule has 2 aromatic rings. The van der Waals surface area contributed by atoms with Crippen molar-refractivity contribution in [2.45, 2.75) is 31.1 Å². The van der Waals surface area contributed by atoms with Crippen LogP contribution in [0.2, 0.25) is 0 Å². The first-order valence-electron chi connectivity index (χ1n) is 7.94. The molecule has 0 radical (unpaired) electrons. The lowest BCUT2D eigenvalue weighted by Crippen LogP contribution is -2.15. The molecule has 25 heavy (non-hydrogen) atoms. The summed E-state index contributed by atoms with van der Waals surface area (Å²) in [5, 5.41) is 0.332. The van der Waals surface area contributed by atoms with Gasteiger partial charge in [0.15, 0.2) is 0 Å². The summed E-state index contributed by atoms with van der Waals surface area (Å²) in [7, 11) is -2.29. The van der Waals surface area contributed by atoms with Gasteiger partial charge < -0.3 is 9.47 Å². The van der Waals surface area contributed by atoms with Crippen LogP contribution in [0.3, 0.4) is 0 Å². The summed E-state index contributed by atoms with van der Waals surface area (Å²) in [6.45, 7) is 1.97. The normalized spacial score (nSPS) is 13.4. The fourth-order valence-corrected chi connectivity index (χ4v) is 5.41. The summed E-state index contributed by atoms with van der Waals surface area (Å²) in [5.41, 5.74) is 1.27. The minimum atomic E-state index is -3.80. The van der Waals surface area contributed by atoms with Crippen LogP contribution in [0.15, 0.2) is 29.2 Å². The zero-order chi connectivity index (χ0) is 18.0. The van der Waals surface area contributed by atoms with Gasteiger partial charge in [-0.3, -0.25) is 4.72 Å². The zero-order valence-electron chi connectivity index (χ0n) is 14.0. The van der Waals surface area contributed by atoms with Crippen LogP contribution in [-0.2, 0) is 27.6 Å². The SMILES string of the molecule is CCOC(=O)c1c(NS(=O)(=O)c2ccc(OC)cc2)sc2c1CCC2. The molecule has 0 amide bonds. The third-order valence-electron chi connectivity index (χ3n) is 4.00. The first-order valence-corrected chi connectivity index (χ1v) is 10.2. The molecule has 0 bridgehead atoms. The third-order valence-corrected chi connectivity index (χ3v) is 6.70. The van der Waals surface area contributed by atoms with Gasteiger partial charge >= 0.3 is 5.97 Å². The van der Waals surface area contributed by atoms with Crippen molar-refractivity contribution >= 4 is 32.3 Å². The van der Waals surface area contributed by atoms with E-state index >= 15 is 0 Å². The third kappa shape index (κ3) is 3.50. The van der Waals surface area contributed by atoms with Crippen molar-refractivity contribution in [3.63, 3.8) is 0 Å². The number of nitrogens with one attached hydrogen (secondary N) is 1. The highest BCUT2D eigenvalue weighted by atomic mass is 32.2. The first kappa shape index (κ1) is 17.8. The second kappa shape index (κ2) is 7.05. The maximum Gasteiger partial charge on any atom is 0.341 e. The Bertz CT molecular complexity index is 885. The number of anilines is 1. The molecule has 0 aliphatic heterocycles. The van der Waals surface area contributed by atoms with Crippen LogP contribution in [0.25, 0.3) is 0 Å². The molecular weight excluding hydrogens is 362 g/mol. The van der Waals surface area contributed by atoms with E-state index < -0.39 is 16.0 Å². The van der Waals surface area contributed by atoms with E-state index in [1.807, 2.05) is 0 Å². The Morgan fingerprint density at radius 1 is 1.24 bits per heavy atom. The van der Waals surface area contributed by atoms with Gasteiger partial charge in [0, 0.05) is 4.88 Å². The summed E-state index contributed by atoms with van der Waals surface area (Å²) < 4.78 is 38.0. The van der Waals surface area contributed by atoms with Crippen LogP contribution in [0.5, 0.6) is 5.75 Å². The zero-order valence-corrected chi connectivity index (χ0v) is 15.6. The molecule has 6 nitrogen and oxygen atoms in total. The summed E-state index contributed by atoms with van der Waals surface area (Å²) in [4.78, 5) is 13.5. The van der Waals surface area contributed by atoms with E-state index in [0.29, 0.717) is 16.3 Å². The van der Waals surface area contributed by atoms with Gasteiger partial charge in [0.05, 0.1) is 24.2 Å². The molecule has 0 saturated carbocycles. The van der Waals surface area contributed by atoms with E-state index in [1.165, 1.54) is 30.6 Å². The number of thiophene rings is 1. The number of hydrogen-bond donors (Lipinski definition) is 1. The van der Waals surface area contributed by atoms with Gasteiger partial charge in [-0.15, -0.1) is 11.3 Å². The second-order valence-corrected chi connectivity index (χ2v) is 8.35. The Balaban J connectivity index is 1.95. The molecule has 0 atom stereocenters. The number of carbonyl (C=O) groups is 1. The number of fused-ring (bicyclic) bond motifs is 1. The molecule has 1 aliphatic rings. The maximum atomic E-state index is 12.7. The van der Waals surface area contributed by atoms with Crippen LogP contribution in [0, 0.1) is 0 Å². The summed E-state index contributed by atoms with van der Waals surface area (Å²) >= 11 is 1.32. The number of benzene rings is 1. The van der Waals surface area contributed by atoms with Crippen molar-refractivity contribution < 1.29 is 22.7 Å². The van der Waals surface area contributed by atoms with E-state index in [9.17, 15) is 13.2 Å². The number of hydrogen-bond acceptors (Lipinski definition) is 6. The minimum Gasteiger partial charge on any atom is -0.497 e. The van der Waals surface area contributed by atoms with Gasteiger partial charge in [0.1, 0.15) is 10.8 Å². The second-order valence-electron chi connectivity index (χ2n) is 5.56. The molecule has 1 heterocycles. The molecule has 134 valence electrons. The van der Waals surface area contributed by atoms with Gasteiger partial charge in [0.2, 0.25) is 0 Å². The van der Waals surface area contributed by atoms with Gasteiger partial charge in [-0.05, 0) is 56.0 Å². The topological polar surface area (TPSA) is 81.7 Å². The van der Waals surface area contributed by atoms with Crippen molar-refractivity contribution in [1.82, 2.24) is 0 Å². The van der Waals surface area contributed by atoms with E-state index in [1.54, 1.807) is 19.1 Å². The smallest absolute Gasteiger partial charge is 0.341 e. The average Bonchev–Trinajstić information content (AvgIpc) is 3.15. The lowest BCUT2D eigenvalue weighted by atomic mass is 10.1. The fourth-order valence-electron chi connectivity index (χ4n) is 2.83. The van der Waals surface area contributed by atoms with Crippen molar-refractivity contribution in [1.29, 1.82) is 0 Å². The largest absolute Gasteiger partial charge is 0.497 e. The van der Waals surface area contributed by atoms with E-state index in [4.69, 9.17) is 9.47 Å². The number of carbonyl (C=O) groups excluding carboxylic acids is 1. The molecule has 3 rings (SSSR count). The van der Waals surface area contributed by atoms with Crippen LogP contribution in [-0.4, -0.2) is 28.1 Å². The van der Waals surface area contributed by atoms with Crippen LogP contribution < -0.4 is 9.46 Å². The standard InChI is InChI=1S/C17H19NO5S2/c1-3-23-17(19)15-13-5-4-6-14(13)24-16(15)18-25(20,21)12-9-7-11(22-2)8-10-12/h7-10,18H,3-6H2,1-2H3. The Kier molecular flexibility index (Phi) is 5.01. The summed E-state index contributed by atoms with van der Waals surface area (Å²) in [5.74, 6) is 0.0931. The number of sulfonamides is 1. The summed E-state index contributed by atoms with van der Waals surface area (Å²) in [6.07, 6.45) is 2.60. The molecule has 1 aliphatic carbocycles. The highest BCUT2D eigenvalue weighted by Crippen LogP contribution is 2.40. The monoisotopic (exact) mass is 381 g/mol. The lowest BCUT2D eigenvalue weighted by Gasteiger charge is -2.10. The van der Waals surface area contributed by atoms with Gasteiger partial charge in [-0.1, -0.05) is 0 Å². The van der Waals surface area contributed by atoms with Crippen LogP contribution in [0.4, 0.5) is 5.00 Å². The molecule has 0 spiro atoms. The Labute approximate surface area is 150 Å². The van der Waals surface area contributed by atoms with E-state index in [0.717, 1.165) is 29.7 Å². The molecule has 1 aromatic carbocycles. The number of aryl methyl sites for hydroxylation is 1. The maximum absolute atomic E-state index is 12.7. The Hall–Kier alpha value is -2.06.